The van der Waals surface area contributed by atoms with E-state index in [1.165, 1.54) is 7.11 Å². The molecular weight excluding hydrogens is 258 g/mol. The van der Waals surface area contributed by atoms with Gasteiger partial charge in [-0.05, 0) is 32.6 Å². The number of esters is 1. The third-order valence-corrected chi connectivity index (χ3v) is 3.43. The Bertz CT molecular complexity index is 478. The number of aromatic nitrogens is 1. The average molecular weight is 279 g/mol. The van der Waals surface area contributed by atoms with E-state index in [2.05, 4.69) is 14.8 Å². The van der Waals surface area contributed by atoms with Crippen LogP contribution in [0.15, 0.2) is 18.3 Å². The van der Waals surface area contributed by atoms with Crippen molar-refractivity contribution in [2.75, 3.05) is 39.2 Å². The molecule has 2 unspecified atom stereocenters. The van der Waals surface area contributed by atoms with Crippen molar-refractivity contribution in [3.05, 3.63) is 23.9 Å². The van der Waals surface area contributed by atoms with Crippen LogP contribution in [0.4, 0.5) is 5.82 Å². The molecule has 0 aromatic carbocycles. The predicted octanol–water partition coefficient (Wildman–Crippen LogP) is 0.369. The molecule has 6 nitrogen and oxygen atoms in total. The van der Waals surface area contributed by atoms with E-state index in [-0.39, 0.29) is 18.1 Å². The first-order chi connectivity index (χ1) is 9.51. The summed E-state index contributed by atoms with van der Waals surface area (Å²) in [6.45, 7) is 1.37. The van der Waals surface area contributed by atoms with Crippen molar-refractivity contribution in [3.63, 3.8) is 0 Å². The number of pyridine rings is 1. The van der Waals surface area contributed by atoms with Gasteiger partial charge in [0.05, 0.1) is 18.8 Å². The normalized spacial score (nSPS) is 22.4. The Morgan fingerprint density at radius 1 is 1.60 bits per heavy atom. The average Bonchev–Trinajstić information content (AvgIpc) is 2.78. The minimum absolute atomic E-state index is 0.195. The molecule has 1 aromatic rings. The number of likely N-dealkylation sites (N-methyl/N-ethyl adjacent to an activating group) is 1. The first-order valence-corrected chi connectivity index (χ1v) is 6.65. The van der Waals surface area contributed by atoms with Crippen molar-refractivity contribution in [2.24, 2.45) is 0 Å². The minimum atomic E-state index is -0.377. The highest BCUT2D eigenvalue weighted by Crippen LogP contribution is 2.25. The van der Waals surface area contributed by atoms with E-state index in [0.29, 0.717) is 24.3 Å². The summed E-state index contributed by atoms with van der Waals surface area (Å²) < 4.78 is 4.72. The molecule has 2 rings (SSSR count). The maximum absolute atomic E-state index is 11.6. The van der Waals surface area contributed by atoms with Crippen LogP contribution in [0.2, 0.25) is 0 Å². The van der Waals surface area contributed by atoms with Crippen LogP contribution < -0.4 is 4.90 Å². The van der Waals surface area contributed by atoms with Gasteiger partial charge in [-0.1, -0.05) is 0 Å². The first kappa shape index (κ1) is 14.7. The van der Waals surface area contributed by atoms with Crippen molar-refractivity contribution in [2.45, 2.75) is 18.6 Å². The summed E-state index contributed by atoms with van der Waals surface area (Å²) >= 11 is 0. The number of hydrogen-bond acceptors (Lipinski definition) is 6. The molecule has 0 radical (unpaired) electrons. The zero-order chi connectivity index (χ0) is 14.7. The van der Waals surface area contributed by atoms with Crippen LogP contribution >= 0.6 is 0 Å². The van der Waals surface area contributed by atoms with Gasteiger partial charge in [0, 0.05) is 25.3 Å². The Morgan fingerprint density at radius 3 is 3.00 bits per heavy atom. The third kappa shape index (κ3) is 3.26. The third-order valence-electron chi connectivity index (χ3n) is 3.43. The summed E-state index contributed by atoms with van der Waals surface area (Å²) in [4.78, 5) is 20.0. The molecule has 1 aliphatic heterocycles. The fraction of sp³-hybridized carbons (Fsp3) is 0.571. The van der Waals surface area contributed by atoms with E-state index >= 15 is 0 Å². The minimum Gasteiger partial charge on any atom is -0.465 e. The van der Waals surface area contributed by atoms with Crippen LogP contribution in [-0.4, -0.2) is 67.4 Å². The van der Waals surface area contributed by atoms with Crippen LogP contribution in [0, 0.1) is 0 Å². The second kappa shape index (κ2) is 6.19. The van der Waals surface area contributed by atoms with E-state index in [1.807, 2.05) is 14.1 Å². The molecule has 1 fully saturated rings. The quantitative estimate of drug-likeness (QED) is 0.803. The lowest BCUT2D eigenvalue weighted by molar-refractivity contribution is 0.0600. The zero-order valence-electron chi connectivity index (χ0n) is 12.1. The fourth-order valence-corrected chi connectivity index (χ4v) is 2.59. The van der Waals surface area contributed by atoms with Crippen LogP contribution in [-0.2, 0) is 4.74 Å². The lowest BCUT2D eigenvalue weighted by atomic mass is 10.2. The number of carbonyl (C=O) groups excluding carboxylic acids is 1. The lowest BCUT2D eigenvalue weighted by Crippen LogP contribution is -2.38. The highest BCUT2D eigenvalue weighted by atomic mass is 16.5. The Hall–Kier alpha value is -1.66. The molecule has 2 heterocycles. The van der Waals surface area contributed by atoms with Gasteiger partial charge in [0.15, 0.2) is 0 Å². The molecule has 1 N–H and O–H groups in total. The zero-order valence-corrected chi connectivity index (χ0v) is 12.1. The van der Waals surface area contributed by atoms with Gasteiger partial charge in [-0.25, -0.2) is 9.78 Å². The molecule has 0 aliphatic carbocycles. The number of carbonyl (C=O) groups is 1. The van der Waals surface area contributed by atoms with Gasteiger partial charge in [-0.2, -0.15) is 0 Å². The molecule has 2 atom stereocenters. The number of anilines is 1. The summed E-state index contributed by atoms with van der Waals surface area (Å²) in [5.41, 5.74) is 0.475. The number of methoxy groups -OCH3 is 1. The number of aliphatic hydroxyl groups excluding tert-OH is 1. The SMILES string of the molecule is COC(=O)c1ccnc(N2CC(O)CC2CN(C)C)c1. The van der Waals surface area contributed by atoms with Gasteiger partial charge >= 0.3 is 5.97 Å². The summed E-state index contributed by atoms with van der Waals surface area (Å²) in [7, 11) is 5.36. The van der Waals surface area contributed by atoms with Crippen LogP contribution in [0.25, 0.3) is 0 Å². The molecule has 110 valence electrons. The molecule has 1 aromatic heterocycles. The Labute approximate surface area is 119 Å². The van der Waals surface area contributed by atoms with Gasteiger partial charge in [-0.15, -0.1) is 0 Å². The molecule has 0 saturated carbocycles. The van der Waals surface area contributed by atoms with Gasteiger partial charge < -0.3 is 19.6 Å². The molecule has 0 amide bonds. The number of aliphatic hydroxyl groups is 1. The number of nitrogens with zero attached hydrogens (tertiary/aromatic N) is 3. The van der Waals surface area contributed by atoms with Crippen LogP contribution in [0.5, 0.6) is 0 Å². The maximum Gasteiger partial charge on any atom is 0.338 e. The van der Waals surface area contributed by atoms with Crippen LogP contribution in [0.3, 0.4) is 0 Å². The molecule has 1 saturated heterocycles. The highest BCUT2D eigenvalue weighted by molar-refractivity contribution is 5.90. The van der Waals surface area contributed by atoms with Gasteiger partial charge in [0.2, 0.25) is 0 Å². The number of hydrogen-bond donors (Lipinski definition) is 1. The topological polar surface area (TPSA) is 65.9 Å². The lowest BCUT2D eigenvalue weighted by Gasteiger charge is -2.27. The van der Waals surface area contributed by atoms with Crippen molar-refractivity contribution in [1.29, 1.82) is 0 Å². The number of rotatable bonds is 4. The monoisotopic (exact) mass is 279 g/mol. The second-order valence-electron chi connectivity index (χ2n) is 5.35. The summed E-state index contributed by atoms with van der Waals surface area (Å²) in [5, 5.41) is 9.89. The van der Waals surface area contributed by atoms with E-state index in [0.717, 1.165) is 6.54 Å². The van der Waals surface area contributed by atoms with Crippen LogP contribution in [0.1, 0.15) is 16.8 Å². The predicted molar refractivity (Wildman–Crippen MR) is 75.9 cm³/mol. The largest absolute Gasteiger partial charge is 0.465 e. The molecule has 0 bridgehead atoms. The van der Waals surface area contributed by atoms with Gasteiger partial charge in [0.1, 0.15) is 5.82 Å². The second-order valence-corrected chi connectivity index (χ2v) is 5.35. The highest BCUT2D eigenvalue weighted by Gasteiger charge is 2.32. The Morgan fingerprint density at radius 2 is 2.35 bits per heavy atom. The van der Waals surface area contributed by atoms with Crippen molar-refractivity contribution in [3.8, 4) is 0 Å². The molecular formula is C14H21N3O3. The molecule has 0 spiro atoms. The first-order valence-electron chi connectivity index (χ1n) is 6.65. The Kier molecular flexibility index (Phi) is 4.57. The fourth-order valence-electron chi connectivity index (χ4n) is 2.59. The summed E-state index contributed by atoms with van der Waals surface area (Å²) in [5.74, 6) is 0.328. The maximum atomic E-state index is 11.6. The van der Waals surface area contributed by atoms with Gasteiger partial charge in [-0.3, -0.25) is 0 Å². The van der Waals surface area contributed by atoms with E-state index in [9.17, 15) is 9.90 Å². The molecule has 6 heteroatoms. The van der Waals surface area contributed by atoms with E-state index < -0.39 is 0 Å². The Balaban J connectivity index is 2.22. The van der Waals surface area contributed by atoms with Crippen molar-refractivity contribution in [1.82, 2.24) is 9.88 Å². The van der Waals surface area contributed by atoms with Crippen molar-refractivity contribution >= 4 is 11.8 Å². The van der Waals surface area contributed by atoms with Crippen molar-refractivity contribution < 1.29 is 14.6 Å². The smallest absolute Gasteiger partial charge is 0.338 e. The van der Waals surface area contributed by atoms with E-state index in [1.54, 1.807) is 18.3 Å². The number of ether oxygens (including phenoxy) is 1. The summed E-state index contributed by atoms with van der Waals surface area (Å²) in [6, 6.07) is 3.54. The standard InChI is InChI=1S/C14H21N3O3/c1-16(2)8-11-7-12(18)9-17(11)13-6-10(4-5-15-13)14(19)20-3/h4-6,11-12,18H,7-9H2,1-3H3. The molecule has 1 aliphatic rings. The van der Waals surface area contributed by atoms with E-state index in [4.69, 9.17) is 4.74 Å². The van der Waals surface area contributed by atoms with Gasteiger partial charge in [0.25, 0.3) is 0 Å². The number of β-amino-alcohol motifs (C(OH)–C–C–N with tert-alkyl or cyclic N) is 1. The molecule has 20 heavy (non-hydrogen) atoms. The summed E-state index contributed by atoms with van der Waals surface area (Å²) in [6.07, 6.45) is 1.95.